The van der Waals surface area contributed by atoms with Crippen LogP contribution in [0.25, 0.3) is 0 Å². The molecule has 2 N–H and O–H groups in total. The fourth-order valence-corrected chi connectivity index (χ4v) is 3.38. The van der Waals surface area contributed by atoms with Crippen molar-refractivity contribution in [2.24, 2.45) is 5.10 Å². The molecule has 0 atom stereocenters. The Kier molecular flexibility index (Phi) is 6.67. The first kappa shape index (κ1) is 23.7. The molecule has 3 rings (SSSR count). The van der Waals surface area contributed by atoms with Crippen molar-refractivity contribution < 1.29 is 19.1 Å². The van der Waals surface area contributed by atoms with Gasteiger partial charge in [0.25, 0.3) is 11.8 Å². The third-order valence-electron chi connectivity index (χ3n) is 5.30. The van der Waals surface area contributed by atoms with Gasteiger partial charge >= 0.3 is 5.97 Å². The van der Waals surface area contributed by atoms with E-state index in [1.807, 2.05) is 24.3 Å². The molecule has 0 radical (unpaired) electrons. The van der Waals surface area contributed by atoms with E-state index in [0.717, 1.165) is 5.56 Å². The molecule has 0 fully saturated rings. The van der Waals surface area contributed by atoms with Crippen LogP contribution in [0.1, 0.15) is 60.9 Å². The van der Waals surface area contributed by atoms with Crippen LogP contribution in [0.15, 0.2) is 64.9 Å². The van der Waals surface area contributed by atoms with Crippen LogP contribution in [0.3, 0.4) is 0 Å². The van der Waals surface area contributed by atoms with Crippen molar-refractivity contribution >= 4 is 29.2 Å². The lowest BCUT2D eigenvalue weighted by Gasteiger charge is -2.20. The van der Waals surface area contributed by atoms with Gasteiger partial charge in [-0.05, 0) is 61.2 Å². The lowest BCUT2D eigenvalue weighted by molar-refractivity contribution is -0.114. The number of benzene rings is 2. The minimum atomic E-state index is -0.479. The molecule has 0 saturated carbocycles. The standard InChI is InChI=1S/C25H28N4O4/c1-15(26-27-22(30)17-7-9-18(10-8-17)24(32)33-6)21-16(2)28-29(23(21)31)20-13-11-19(12-14-20)25(3,4)5/h7-14,26H,1-6H3,(H,27,30)/b21-15-. The summed E-state index contributed by atoms with van der Waals surface area (Å²) in [5.74, 6) is -1.17. The zero-order valence-corrected chi connectivity index (χ0v) is 19.6. The Morgan fingerprint density at radius 3 is 2.06 bits per heavy atom. The second kappa shape index (κ2) is 9.28. The second-order valence-electron chi connectivity index (χ2n) is 8.75. The number of methoxy groups -OCH3 is 1. The lowest BCUT2D eigenvalue weighted by atomic mass is 9.87. The number of esters is 1. The number of nitrogens with one attached hydrogen (secondary N) is 2. The first-order valence-corrected chi connectivity index (χ1v) is 10.5. The molecular weight excluding hydrogens is 420 g/mol. The van der Waals surface area contributed by atoms with E-state index >= 15 is 0 Å². The van der Waals surface area contributed by atoms with Crippen molar-refractivity contribution in [3.05, 3.63) is 76.5 Å². The fraction of sp³-hybridized carbons (Fsp3) is 0.280. The van der Waals surface area contributed by atoms with E-state index in [1.165, 1.54) is 36.4 Å². The first-order valence-electron chi connectivity index (χ1n) is 10.5. The molecule has 0 aliphatic carbocycles. The van der Waals surface area contributed by atoms with Crippen molar-refractivity contribution in [1.82, 2.24) is 10.9 Å². The largest absolute Gasteiger partial charge is 0.465 e. The molecular formula is C25H28N4O4. The van der Waals surface area contributed by atoms with Gasteiger partial charge in [0.1, 0.15) is 0 Å². The molecule has 172 valence electrons. The van der Waals surface area contributed by atoms with Crippen LogP contribution >= 0.6 is 0 Å². The Bertz CT molecular complexity index is 1140. The number of rotatable bonds is 5. The number of ether oxygens (including phenoxy) is 1. The average Bonchev–Trinajstić information content (AvgIpc) is 3.10. The van der Waals surface area contributed by atoms with Gasteiger partial charge in [0.05, 0.1) is 29.6 Å². The third-order valence-corrected chi connectivity index (χ3v) is 5.30. The van der Waals surface area contributed by atoms with Gasteiger partial charge in [-0.3, -0.25) is 15.0 Å². The summed E-state index contributed by atoms with van der Waals surface area (Å²) in [4.78, 5) is 37.0. The maximum atomic E-state index is 13.0. The molecule has 8 nitrogen and oxygen atoms in total. The molecule has 1 heterocycles. The monoisotopic (exact) mass is 448 g/mol. The van der Waals surface area contributed by atoms with Crippen LogP contribution in [-0.2, 0) is 14.9 Å². The average molecular weight is 449 g/mol. The van der Waals surface area contributed by atoms with Crippen LogP contribution in [-0.4, -0.2) is 30.6 Å². The zero-order valence-electron chi connectivity index (χ0n) is 19.6. The van der Waals surface area contributed by atoms with Gasteiger partial charge in [0, 0.05) is 11.3 Å². The summed E-state index contributed by atoms with van der Waals surface area (Å²) in [5, 5.41) is 5.76. The summed E-state index contributed by atoms with van der Waals surface area (Å²) in [6.07, 6.45) is 0. The molecule has 1 aliphatic heterocycles. The smallest absolute Gasteiger partial charge is 0.337 e. The van der Waals surface area contributed by atoms with E-state index in [9.17, 15) is 14.4 Å². The summed E-state index contributed by atoms with van der Waals surface area (Å²) in [6, 6.07) is 13.8. The third kappa shape index (κ3) is 5.11. The molecule has 0 unspecified atom stereocenters. The molecule has 2 aromatic carbocycles. The van der Waals surface area contributed by atoms with E-state index in [0.29, 0.717) is 33.8 Å². The van der Waals surface area contributed by atoms with Crippen molar-refractivity contribution in [2.45, 2.75) is 40.0 Å². The van der Waals surface area contributed by atoms with Crippen molar-refractivity contribution in [3.8, 4) is 0 Å². The SMILES string of the molecule is COC(=O)c1ccc(C(=O)NN/C(C)=C2\C(=O)N(c3ccc(C(C)(C)C)cc3)N=C2C)cc1. The number of hydrogen-bond donors (Lipinski definition) is 2. The van der Waals surface area contributed by atoms with Crippen LogP contribution < -0.4 is 15.9 Å². The molecule has 2 aromatic rings. The lowest BCUT2D eigenvalue weighted by Crippen LogP contribution is -2.37. The van der Waals surface area contributed by atoms with Gasteiger partial charge in [-0.25, -0.2) is 4.79 Å². The van der Waals surface area contributed by atoms with Crippen molar-refractivity contribution in [3.63, 3.8) is 0 Å². The highest BCUT2D eigenvalue weighted by Gasteiger charge is 2.31. The van der Waals surface area contributed by atoms with E-state index in [2.05, 4.69) is 41.5 Å². The number of carbonyl (C=O) groups is 3. The topological polar surface area (TPSA) is 100 Å². The van der Waals surface area contributed by atoms with Gasteiger partial charge in [0.2, 0.25) is 0 Å². The Hall–Kier alpha value is -3.94. The Morgan fingerprint density at radius 2 is 1.52 bits per heavy atom. The maximum absolute atomic E-state index is 13.0. The minimum absolute atomic E-state index is 0.0101. The molecule has 0 saturated heterocycles. The van der Waals surface area contributed by atoms with Gasteiger partial charge in [-0.2, -0.15) is 10.1 Å². The highest BCUT2D eigenvalue weighted by atomic mass is 16.5. The number of anilines is 1. The highest BCUT2D eigenvalue weighted by molar-refractivity contribution is 6.30. The Balaban J connectivity index is 1.70. The number of amides is 2. The van der Waals surface area contributed by atoms with Gasteiger partial charge in [-0.1, -0.05) is 32.9 Å². The molecule has 2 amide bonds. The fourth-order valence-electron chi connectivity index (χ4n) is 3.38. The predicted octanol–water partition coefficient (Wildman–Crippen LogP) is 3.70. The minimum Gasteiger partial charge on any atom is -0.465 e. The van der Waals surface area contributed by atoms with Gasteiger partial charge < -0.3 is 10.2 Å². The molecule has 33 heavy (non-hydrogen) atoms. The number of nitrogens with zero attached hydrogens (tertiary/aromatic N) is 2. The molecule has 0 spiro atoms. The van der Waals surface area contributed by atoms with E-state index in [-0.39, 0.29) is 11.3 Å². The van der Waals surface area contributed by atoms with Crippen LogP contribution in [0, 0.1) is 0 Å². The Morgan fingerprint density at radius 1 is 0.939 bits per heavy atom. The van der Waals surface area contributed by atoms with E-state index in [1.54, 1.807) is 13.8 Å². The predicted molar refractivity (Wildman–Crippen MR) is 127 cm³/mol. The Labute approximate surface area is 193 Å². The van der Waals surface area contributed by atoms with Gasteiger partial charge in [0.15, 0.2) is 0 Å². The number of allylic oxidation sites excluding steroid dienone is 1. The summed E-state index contributed by atoms with van der Waals surface area (Å²) in [6.45, 7) is 9.82. The first-order chi connectivity index (χ1) is 15.5. The summed E-state index contributed by atoms with van der Waals surface area (Å²) in [5.41, 5.74) is 9.29. The number of carbonyl (C=O) groups excluding carboxylic acids is 3. The number of hydrazone groups is 1. The number of hydrogen-bond acceptors (Lipinski definition) is 6. The van der Waals surface area contributed by atoms with Crippen molar-refractivity contribution in [1.29, 1.82) is 0 Å². The maximum Gasteiger partial charge on any atom is 0.337 e. The quantitative estimate of drug-likeness (QED) is 0.413. The van der Waals surface area contributed by atoms with Crippen LogP contribution in [0.4, 0.5) is 5.69 Å². The van der Waals surface area contributed by atoms with Gasteiger partial charge in [-0.15, -0.1) is 0 Å². The molecule has 8 heteroatoms. The van der Waals surface area contributed by atoms with E-state index in [4.69, 9.17) is 0 Å². The molecule has 0 aromatic heterocycles. The summed E-state index contributed by atoms with van der Waals surface area (Å²) >= 11 is 0. The normalized spacial score (nSPS) is 15.2. The second-order valence-corrected chi connectivity index (χ2v) is 8.75. The highest BCUT2D eigenvalue weighted by Crippen LogP contribution is 2.28. The molecule has 1 aliphatic rings. The number of hydrazine groups is 1. The zero-order chi connectivity index (χ0) is 24.3. The summed E-state index contributed by atoms with van der Waals surface area (Å²) in [7, 11) is 1.29. The van der Waals surface area contributed by atoms with E-state index < -0.39 is 11.9 Å². The summed E-state index contributed by atoms with van der Waals surface area (Å²) < 4.78 is 4.65. The molecule has 0 bridgehead atoms. The van der Waals surface area contributed by atoms with Crippen LogP contribution in [0.2, 0.25) is 0 Å². The van der Waals surface area contributed by atoms with Crippen molar-refractivity contribution in [2.75, 3.05) is 12.1 Å². The van der Waals surface area contributed by atoms with Crippen LogP contribution in [0.5, 0.6) is 0 Å².